The van der Waals surface area contributed by atoms with Gasteiger partial charge >= 0.3 is 0 Å². The van der Waals surface area contributed by atoms with Crippen LogP contribution < -0.4 is 10.6 Å². The highest BCUT2D eigenvalue weighted by Crippen LogP contribution is 2.32. The van der Waals surface area contributed by atoms with E-state index in [1.165, 1.54) is 0 Å². The van der Waals surface area contributed by atoms with Crippen LogP contribution in [0, 0.1) is 6.92 Å². The van der Waals surface area contributed by atoms with Crippen molar-refractivity contribution in [2.75, 3.05) is 30.0 Å². The van der Waals surface area contributed by atoms with E-state index in [-0.39, 0.29) is 11.5 Å². The first-order valence-corrected chi connectivity index (χ1v) is 8.42. The Labute approximate surface area is 115 Å². The van der Waals surface area contributed by atoms with E-state index in [9.17, 15) is 8.42 Å². The molecule has 1 aliphatic rings. The lowest BCUT2D eigenvalue weighted by Crippen LogP contribution is -2.59. The van der Waals surface area contributed by atoms with Crippen molar-refractivity contribution in [3.63, 3.8) is 0 Å². The fraction of sp³-hybridized carbons (Fsp3) is 0.571. The van der Waals surface area contributed by atoms with Gasteiger partial charge in [-0.15, -0.1) is 0 Å². The Bertz CT molecular complexity index is 556. The highest BCUT2D eigenvalue weighted by atomic mass is 32.2. The van der Waals surface area contributed by atoms with Crippen LogP contribution in [0.15, 0.2) is 24.3 Å². The number of rotatable bonds is 3. The van der Waals surface area contributed by atoms with Gasteiger partial charge in [-0.05, 0) is 31.4 Å². The minimum atomic E-state index is -2.99. The van der Waals surface area contributed by atoms with Gasteiger partial charge in [0.2, 0.25) is 0 Å². The molecule has 106 valence electrons. The summed E-state index contributed by atoms with van der Waals surface area (Å²) in [7, 11) is -1.04. The van der Waals surface area contributed by atoms with Gasteiger partial charge in [0.1, 0.15) is 0 Å². The third kappa shape index (κ3) is 2.77. The average Bonchev–Trinajstić information content (AvgIpc) is 2.37. The van der Waals surface area contributed by atoms with E-state index >= 15 is 0 Å². The summed E-state index contributed by atoms with van der Waals surface area (Å²) in [6.07, 6.45) is 1.52. The fourth-order valence-corrected chi connectivity index (χ4v) is 4.94. The van der Waals surface area contributed by atoms with E-state index in [2.05, 4.69) is 4.90 Å². The van der Waals surface area contributed by atoms with E-state index in [1.807, 2.05) is 38.2 Å². The Morgan fingerprint density at radius 3 is 2.63 bits per heavy atom. The first-order chi connectivity index (χ1) is 8.90. The molecule has 1 saturated heterocycles. The lowest BCUT2D eigenvalue weighted by molar-refractivity contribution is 0.398. The molecule has 4 nitrogen and oxygen atoms in total. The number of hydrogen-bond donors (Lipinski definition) is 1. The Kier molecular flexibility index (Phi) is 3.87. The molecule has 0 aliphatic carbocycles. The van der Waals surface area contributed by atoms with Crippen molar-refractivity contribution in [2.45, 2.75) is 25.3 Å². The minimum Gasteiger partial charge on any atom is -0.366 e. The maximum atomic E-state index is 12.0. The number of likely N-dealkylation sites (N-methyl/N-ethyl adjacent to an activating group) is 1. The molecule has 1 unspecified atom stereocenters. The smallest absolute Gasteiger partial charge is 0.152 e. The van der Waals surface area contributed by atoms with Gasteiger partial charge in [-0.25, -0.2) is 8.42 Å². The first-order valence-electron chi connectivity index (χ1n) is 6.60. The summed E-state index contributed by atoms with van der Waals surface area (Å²) in [4.78, 5) is 2.07. The Morgan fingerprint density at radius 2 is 2.05 bits per heavy atom. The number of anilines is 1. The van der Waals surface area contributed by atoms with Crippen LogP contribution in [0.2, 0.25) is 0 Å². The van der Waals surface area contributed by atoms with Crippen molar-refractivity contribution < 1.29 is 8.42 Å². The zero-order valence-electron chi connectivity index (χ0n) is 11.6. The summed E-state index contributed by atoms with van der Waals surface area (Å²) in [5, 5.41) is 0. The molecule has 1 fully saturated rings. The molecule has 5 heteroatoms. The third-order valence-electron chi connectivity index (χ3n) is 4.15. The summed E-state index contributed by atoms with van der Waals surface area (Å²) < 4.78 is 23.9. The molecule has 19 heavy (non-hydrogen) atoms. The Morgan fingerprint density at radius 1 is 1.37 bits per heavy atom. The molecule has 0 radical (unpaired) electrons. The molecule has 1 aliphatic heterocycles. The Hall–Kier alpha value is -1.07. The van der Waals surface area contributed by atoms with Crippen molar-refractivity contribution in [1.29, 1.82) is 0 Å². The third-order valence-corrected chi connectivity index (χ3v) is 6.04. The number of nitrogens with two attached hydrogens (primary N) is 1. The maximum Gasteiger partial charge on any atom is 0.152 e. The van der Waals surface area contributed by atoms with Crippen molar-refractivity contribution >= 4 is 15.5 Å². The van der Waals surface area contributed by atoms with E-state index in [0.717, 1.165) is 17.7 Å². The van der Waals surface area contributed by atoms with Crippen LogP contribution in [0.25, 0.3) is 0 Å². The van der Waals surface area contributed by atoms with Crippen molar-refractivity contribution in [3.05, 3.63) is 29.8 Å². The standard InChI is InChI=1S/C14H22N2O2S/c1-12-6-3-4-7-13(12)16(2)14(10-15)8-5-9-19(17,18)11-14/h3-4,6-7H,5,8-11,15H2,1-2H3. The molecule has 0 amide bonds. The molecule has 0 bridgehead atoms. The number of benzene rings is 1. The quantitative estimate of drug-likeness (QED) is 0.908. The second kappa shape index (κ2) is 5.13. The molecular weight excluding hydrogens is 260 g/mol. The van der Waals surface area contributed by atoms with E-state index in [0.29, 0.717) is 13.0 Å². The molecule has 1 aromatic carbocycles. The number of nitrogens with zero attached hydrogens (tertiary/aromatic N) is 1. The van der Waals surface area contributed by atoms with Gasteiger partial charge < -0.3 is 10.6 Å². The van der Waals surface area contributed by atoms with Crippen molar-refractivity contribution in [2.24, 2.45) is 5.73 Å². The zero-order chi connectivity index (χ0) is 14.1. The van der Waals surface area contributed by atoms with Gasteiger partial charge in [0.15, 0.2) is 9.84 Å². The molecule has 2 rings (SSSR count). The monoisotopic (exact) mass is 282 g/mol. The highest BCUT2D eigenvalue weighted by Gasteiger charge is 2.41. The summed E-state index contributed by atoms with van der Waals surface area (Å²) in [5.41, 5.74) is 7.67. The predicted octanol–water partition coefficient (Wildman–Crippen LogP) is 1.34. The van der Waals surface area contributed by atoms with Gasteiger partial charge in [0.25, 0.3) is 0 Å². The summed E-state index contributed by atoms with van der Waals surface area (Å²) in [6, 6.07) is 8.02. The number of hydrogen-bond acceptors (Lipinski definition) is 4. The van der Waals surface area contributed by atoms with Crippen LogP contribution in [0.5, 0.6) is 0 Å². The molecule has 0 aromatic heterocycles. The molecule has 2 N–H and O–H groups in total. The molecule has 0 spiro atoms. The number of sulfone groups is 1. The summed E-state index contributed by atoms with van der Waals surface area (Å²) in [5.74, 6) is 0.442. The van der Waals surface area contributed by atoms with Crippen molar-refractivity contribution in [1.82, 2.24) is 0 Å². The summed E-state index contributed by atoms with van der Waals surface area (Å²) in [6.45, 7) is 2.39. The fourth-order valence-electron chi connectivity index (χ4n) is 2.93. The highest BCUT2D eigenvalue weighted by molar-refractivity contribution is 7.91. The van der Waals surface area contributed by atoms with Crippen LogP contribution in [-0.2, 0) is 9.84 Å². The lowest BCUT2D eigenvalue weighted by Gasteiger charge is -2.45. The number of para-hydroxylation sites is 1. The van der Waals surface area contributed by atoms with E-state index in [1.54, 1.807) is 0 Å². The second-order valence-electron chi connectivity index (χ2n) is 5.47. The second-order valence-corrected chi connectivity index (χ2v) is 7.65. The first kappa shape index (κ1) is 14.3. The van der Waals surface area contributed by atoms with Crippen LogP contribution in [0.4, 0.5) is 5.69 Å². The van der Waals surface area contributed by atoms with Gasteiger partial charge in [0, 0.05) is 19.3 Å². The van der Waals surface area contributed by atoms with Gasteiger partial charge in [-0.1, -0.05) is 18.2 Å². The molecule has 0 saturated carbocycles. The van der Waals surface area contributed by atoms with Crippen LogP contribution in [0.3, 0.4) is 0 Å². The summed E-state index contributed by atoms with van der Waals surface area (Å²) >= 11 is 0. The van der Waals surface area contributed by atoms with Gasteiger partial charge in [-0.3, -0.25) is 0 Å². The van der Waals surface area contributed by atoms with E-state index < -0.39 is 15.4 Å². The van der Waals surface area contributed by atoms with E-state index in [4.69, 9.17) is 5.73 Å². The van der Waals surface area contributed by atoms with Crippen LogP contribution in [-0.4, -0.2) is 39.1 Å². The Balaban J connectivity index is 2.39. The van der Waals surface area contributed by atoms with Gasteiger partial charge in [-0.2, -0.15) is 0 Å². The van der Waals surface area contributed by atoms with Gasteiger partial charge in [0.05, 0.1) is 17.0 Å². The normalized spacial score (nSPS) is 26.1. The molecule has 1 heterocycles. The molecular formula is C14H22N2O2S. The zero-order valence-corrected chi connectivity index (χ0v) is 12.4. The van der Waals surface area contributed by atoms with Crippen molar-refractivity contribution in [3.8, 4) is 0 Å². The molecule has 1 aromatic rings. The number of aryl methyl sites for hydroxylation is 1. The molecule has 1 atom stereocenters. The SMILES string of the molecule is Cc1ccccc1N(C)C1(CN)CCCS(=O)(=O)C1. The maximum absolute atomic E-state index is 12.0. The largest absolute Gasteiger partial charge is 0.366 e. The topological polar surface area (TPSA) is 63.4 Å². The van der Waals surface area contributed by atoms with Crippen LogP contribution >= 0.6 is 0 Å². The average molecular weight is 282 g/mol. The minimum absolute atomic E-state index is 0.154. The predicted molar refractivity (Wildman–Crippen MR) is 79.3 cm³/mol. The van der Waals surface area contributed by atoms with Crippen LogP contribution in [0.1, 0.15) is 18.4 Å². The lowest BCUT2D eigenvalue weighted by atomic mass is 9.92.